The molecule has 0 aliphatic carbocycles. The molecule has 0 bridgehead atoms. The van der Waals surface area contributed by atoms with Gasteiger partial charge in [-0.25, -0.2) is 9.97 Å². The Morgan fingerprint density at radius 1 is 1.57 bits per heavy atom. The molecule has 1 aliphatic rings. The molecule has 1 unspecified atom stereocenters. The summed E-state index contributed by atoms with van der Waals surface area (Å²) in [5.74, 6) is 0.983. The van der Waals surface area contributed by atoms with Gasteiger partial charge in [-0.1, -0.05) is 0 Å². The molecule has 1 atom stereocenters. The number of hydrogen-bond acceptors (Lipinski definition) is 4. The van der Waals surface area contributed by atoms with Gasteiger partial charge < -0.3 is 4.90 Å². The number of nitrogens with zero attached hydrogens (tertiary/aromatic N) is 4. The van der Waals surface area contributed by atoms with E-state index in [9.17, 15) is 0 Å². The molecule has 0 aromatic carbocycles. The van der Waals surface area contributed by atoms with Crippen molar-refractivity contribution in [1.29, 1.82) is 0 Å². The Hall–Kier alpha value is -1.16. The van der Waals surface area contributed by atoms with Crippen LogP contribution in [0.2, 0.25) is 0 Å². The van der Waals surface area contributed by atoms with Crippen LogP contribution in [0.1, 0.15) is 12.8 Å². The zero-order chi connectivity index (χ0) is 9.97. The molecule has 4 heteroatoms. The first-order chi connectivity index (χ1) is 6.79. The number of aromatic nitrogens is 2. The minimum Gasteiger partial charge on any atom is -0.341 e. The van der Waals surface area contributed by atoms with E-state index in [0.29, 0.717) is 6.17 Å². The molecule has 14 heavy (non-hydrogen) atoms. The van der Waals surface area contributed by atoms with Gasteiger partial charge in [0, 0.05) is 12.7 Å². The SMILES string of the molecule is CN(C)C1CCCN1c1ccn[c]n1. The Morgan fingerprint density at radius 3 is 3.07 bits per heavy atom. The van der Waals surface area contributed by atoms with E-state index < -0.39 is 0 Å². The van der Waals surface area contributed by atoms with Crippen molar-refractivity contribution in [2.24, 2.45) is 0 Å². The van der Waals surface area contributed by atoms with E-state index in [-0.39, 0.29) is 0 Å². The van der Waals surface area contributed by atoms with Crippen LogP contribution in [0, 0.1) is 6.33 Å². The van der Waals surface area contributed by atoms with E-state index >= 15 is 0 Å². The van der Waals surface area contributed by atoms with Crippen LogP contribution in [0.4, 0.5) is 5.82 Å². The summed E-state index contributed by atoms with van der Waals surface area (Å²) in [5, 5.41) is 0. The number of rotatable bonds is 2. The van der Waals surface area contributed by atoms with E-state index in [0.717, 1.165) is 12.4 Å². The van der Waals surface area contributed by atoms with Gasteiger partial charge in [0.15, 0.2) is 6.33 Å². The largest absolute Gasteiger partial charge is 0.341 e. The standard InChI is InChI=1S/C10H15N4/c1-13(2)10-4-3-7-14(10)9-5-6-11-8-12-9/h5-6,10H,3-4,7H2,1-2H3. The Bertz CT molecular complexity index is 285. The Kier molecular flexibility index (Phi) is 2.63. The quantitative estimate of drug-likeness (QED) is 0.691. The lowest BCUT2D eigenvalue weighted by molar-refractivity contribution is 0.300. The van der Waals surface area contributed by atoms with Gasteiger partial charge in [0.2, 0.25) is 0 Å². The third-order valence-electron chi connectivity index (χ3n) is 2.63. The molecule has 1 aromatic rings. The minimum absolute atomic E-state index is 0.471. The van der Waals surface area contributed by atoms with Crippen molar-refractivity contribution < 1.29 is 0 Å². The van der Waals surface area contributed by atoms with Crippen LogP contribution in [0.15, 0.2) is 12.3 Å². The third kappa shape index (κ3) is 1.70. The lowest BCUT2D eigenvalue weighted by Gasteiger charge is -2.30. The van der Waals surface area contributed by atoms with Crippen LogP contribution in [0.25, 0.3) is 0 Å². The van der Waals surface area contributed by atoms with E-state index in [1.807, 2.05) is 6.07 Å². The Morgan fingerprint density at radius 2 is 2.43 bits per heavy atom. The molecule has 1 fully saturated rings. The van der Waals surface area contributed by atoms with Crippen molar-refractivity contribution in [3.8, 4) is 0 Å². The minimum atomic E-state index is 0.471. The summed E-state index contributed by atoms with van der Waals surface area (Å²) in [6, 6.07) is 1.94. The number of hydrogen-bond donors (Lipinski definition) is 0. The molecule has 1 radical (unpaired) electrons. The monoisotopic (exact) mass is 191 g/mol. The van der Waals surface area contributed by atoms with Crippen molar-refractivity contribution in [3.05, 3.63) is 18.6 Å². The zero-order valence-electron chi connectivity index (χ0n) is 8.64. The topological polar surface area (TPSA) is 32.3 Å². The summed E-state index contributed by atoms with van der Waals surface area (Å²) in [7, 11) is 4.21. The highest BCUT2D eigenvalue weighted by Crippen LogP contribution is 2.23. The van der Waals surface area contributed by atoms with E-state index in [1.54, 1.807) is 6.20 Å². The summed E-state index contributed by atoms with van der Waals surface area (Å²) >= 11 is 0. The fourth-order valence-corrected chi connectivity index (χ4v) is 1.97. The second-order valence-corrected chi connectivity index (χ2v) is 3.79. The lowest BCUT2D eigenvalue weighted by Crippen LogP contribution is -2.40. The van der Waals surface area contributed by atoms with E-state index in [4.69, 9.17) is 0 Å². The predicted octanol–water partition coefficient (Wildman–Crippen LogP) is 0.765. The summed E-state index contributed by atoms with van der Waals surface area (Å²) in [5.41, 5.74) is 0. The Labute approximate surface area is 84.6 Å². The van der Waals surface area contributed by atoms with Crippen LogP contribution >= 0.6 is 0 Å². The molecule has 1 aromatic heterocycles. The Balaban J connectivity index is 2.18. The summed E-state index contributed by atoms with van der Waals surface area (Å²) in [4.78, 5) is 12.5. The van der Waals surface area contributed by atoms with Crippen LogP contribution in [-0.2, 0) is 0 Å². The molecule has 1 saturated heterocycles. The highest BCUT2D eigenvalue weighted by Gasteiger charge is 2.26. The normalized spacial score (nSPS) is 21.9. The maximum atomic E-state index is 4.16. The fraction of sp³-hybridized carbons (Fsp3) is 0.600. The van der Waals surface area contributed by atoms with Crippen molar-refractivity contribution in [1.82, 2.24) is 14.9 Å². The molecule has 0 spiro atoms. The molecular weight excluding hydrogens is 176 g/mol. The third-order valence-corrected chi connectivity index (χ3v) is 2.63. The molecule has 75 valence electrons. The van der Waals surface area contributed by atoms with Gasteiger partial charge in [-0.2, -0.15) is 0 Å². The molecule has 2 rings (SSSR count). The van der Waals surface area contributed by atoms with Crippen molar-refractivity contribution in [3.63, 3.8) is 0 Å². The van der Waals surface area contributed by atoms with Gasteiger partial charge in [0.1, 0.15) is 5.82 Å². The first-order valence-corrected chi connectivity index (χ1v) is 4.91. The van der Waals surface area contributed by atoms with E-state index in [1.165, 1.54) is 12.8 Å². The molecule has 0 N–H and O–H groups in total. The van der Waals surface area contributed by atoms with Gasteiger partial charge in [-0.05, 0) is 33.0 Å². The first kappa shape index (κ1) is 9.40. The second-order valence-electron chi connectivity index (χ2n) is 3.79. The molecular formula is C10H15N4. The summed E-state index contributed by atoms with van der Waals surface area (Å²) < 4.78 is 0. The van der Waals surface area contributed by atoms with E-state index in [2.05, 4.69) is 40.2 Å². The molecule has 2 heterocycles. The predicted molar refractivity (Wildman–Crippen MR) is 54.9 cm³/mol. The molecule has 4 nitrogen and oxygen atoms in total. The molecule has 1 aliphatic heterocycles. The molecule has 0 saturated carbocycles. The van der Waals surface area contributed by atoms with Crippen LogP contribution in [-0.4, -0.2) is 41.7 Å². The average molecular weight is 191 g/mol. The zero-order valence-corrected chi connectivity index (χ0v) is 8.64. The van der Waals surface area contributed by atoms with Gasteiger partial charge in [-0.15, -0.1) is 0 Å². The van der Waals surface area contributed by atoms with Crippen LogP contribution < -0.4 is 4.90 Å². The van der Waals surface area contributed by atoms with Crippen molar-refractivity contribution in [2.75, 3.05) is 25.5 Å². The maximum Gasteiger partial charge on any atom is 0.199 e. The van der Waals surface area contributed by atoms with Crippen LogP contribution in [0.5, 0.6) is 0 Å². The maximum absolute atomic E-state index is 4.16. The second kappa shape index (κ2) is 3.92. The highest BCUT2D eigenvalue weighted by molar-refractivity contribution is 5.38. The van der Waals surface area contributed by atoms with Gasteiger partial charge >= 0.3 is 0 Å². The van der Waals surface area contributed by atoms with Crippen molar-refractivity contribution >= 4 is 5.82 Å². The first-order valence-electron chi connectivity index (χ1n) is 4.91. The summed E-state index contributed by atoms with van der Waals surface area (Å²) in [6.07, 6.45) is 7.29. The summed E-state index contributed by atoms with van der Waals surface area (Å²) in [6.45, 7) is 1.08. The van der Waals surface area contributed by atoms with Crippen molar-refractivity contribution in [2.45, 2.75) is 19.0 Å². The average Bonchev–Trinajstić information content (AvgIpc) is 2.67. The fourth-order valence-electron chi connectivity index (χ4n) is 1.97. The smallest absolute Gasteiger partial charge is 0.199 e. The number of anilines is 1. The molecule has 0 amide bonds. The van der Waals surface area contributed by atoms with Crippen LogP contribution in [0.3, 0.4) is 0 Å². The van der Waals surface area contributed by atoms with Gasteiger partial charge in [0.05, 0.1) is 6.17 Å². The highest BCUT2D eigenvalue weighted by atomic mass is 15.4. The van der Waals surface area contributed by atoms with Gasteiger partial charge in [0.25, 0.3) is 0 Å². The van der Waals surface area contributed by atoms with Gasteiger partial charge in [-0.3, -0.25) is 4.90 Å². The lowest BCUT2D eigenvalue weighted by atomic mass is 10.3.